The zero-order chi connectivity index (χ0) is 11.1. The molecule has 1 atom stereocenters. The van der Waals surface area contributed by atoms with E-state index in [0.29, 0.717) is 0 Å². The number of hydrogen-bond acceptors (Lipinski definition) is 1. The van der Waals surface area contributed by atoms with E-state index in [4.69, 9.17) is 4.43 Å². The zero-order valence-corrected chi connectivity index (χ0v) is 11.6. The van der Waals surface area contributed by atoms with Crippen molar-refractivity contribution in [2.24, 2.45) is 5.92 Å². The van der Waals surface area contributed by atoms with Crippen LogP contribution in [0, 0.1) is 5.92 Å². The van der Waals surface area contributed by atoms with Gasteiger partial charge in [-0.1, -0.05) is 31.9 Å². The van der Waals surface area contributed by atoms with Crippen molar-refractivity contribution in [1.29, 1.82) is 0 Å². The van der Waals surface area contributed by atoms with E-state index in [2.05, 4.69) is 32.2 Å². The Morgan fingerprint density at radius 2 is 2.20 bits per heavy atom. The van der Waals surface area contributed by atoms with Crippen molar-refractivity contribution in [3.05, 3.63) is 12.2 Å². The molecule has 2 heteroatoms. The van der Waals surface area contributed by atoms with Crippen molar-refractivity contribution in [2.75, 3.05) is 6.61 Å². The van der Waals surface area contributed by atoms with Gasteiger partial charge in [-0.05, 0) is 44.3 Å². The van der Waals surface area contributed by atoms with Crippen molar-refractivity contribution in [1.82, 2.24) is 0 Å². The summed E-state index contributed by atoms with van der Waals surface area (Å²) in [5.74, 6) is 0.806. The third-order valence-corrected chi connectivity index (χ3v) is 5.77. The van der Waals surface area contributed by atoms with Gasteiger partial charge < -0.3 is 4.43 Å². The molecule has 0 spiro atoms. The van der Waals surface area contributed by atoms with E-state index in [9.17, 15) is 0 Å². The van der Waals surface area contributed by atoms with Gasteiger partial charge in [-0.3, -0.25) is 0 Å². The molecular weight excluding hydrogens is 200 g/mol. The molecule has 0 aromatic rings. The highest BCUT2D eigenvalue weighted by molar-refractivity contribution is 6.71. The van der Waals surface area contributed by atoms with Crippen LogP contribution in [-0.2, 0) is 4.43 Å². The average Bonchev–Trinajstić information content (AvgIpc) is 2.67. The molecule has 0 amide bonds. The highest BCUT2D eigenvalue weighted by Gasteiger charge is 2.21. The molecule has 0 bridgehead atoms. The van der Waals surface area contributed by atoms with Crippen molar-refractivity contribution < 1.29 is 4.43 Å². The average molecular weight is 226 g/mol. The van der Waals surface area contributed by atoms with E-state index in [1.807, 2.05) is 0 Å². The first-order chi connectivity index (χ1) is 7.14. The van der Waals surface area contributed by atoms with Gasteiger partial charge in [0.15, 0.2) is 8.32 Å². The van der Waals surface area contributed by atoms with Crippen LogP contribution >= 0.6 is 0 Å². The summed E-state index contributed by atoms with van der Waals surface area (Å²) in [4.78, 5) is 0. The molecule has 0 aromatic heterocycles. The summed E-state index contributed by atoms with van der Waals surface area (Å²) in [5.41, 5.74) is 0. The van der Waals surface area contributed by atoms with Crippen LogP contribution in [0.2, 0.25) is 19.1 Å². The lowest BCUT2D eigenvalue weighted by Crippen LogP contribution is -2.30. The number of hydrogen-bond donors (Lipinski definition) is 0. The third-order valence-electron chi connectivity index (χ3n) is 3.23. The lowest BCUT2D eigenvalue weighted by molar-refractivity contribution is 0.280. The molecule has 1 nitrogen and oxygen atoms in total. The van der Waals surface area contributed by atoms with Crippen LogP contribution < -0.4 is 0 Å². The van der Waals surface area contributed by atoms with E-state index < -0.39 is 8.32 Å². The molecule has 88 valence electrons. The standard InChI is InChI=1S/C13H26OSi/c1-4-5-12-15(2,3)14-11-10-13-8-6-7-9-13/h6,8,13H,4-5,7,9-12H2,1-3H3/t13-/m0/s1. The topological polar surface area (TPSA) is 9.23 Å². The minimum absolute atomic E-state index is 0.806. The van der Waals surface area contributed by atoms with Gasteiger partial charge in [0.1, 0.15) is 0 Å². The van der Waals surface area contributed by atoms with Gasteiger partial charge in [0.2, 0.25) is 0 Å². The van der Waals surface area contributed by atoms with Crippen LogP contribution in [-0.4, -0.2) is 14.9 Å². The quantitative estimate of drug-likeness (QED) is 0.463. The molecule has 0 saturated heterocycles. The van der Waals surface area contributed by atoms with Gasteiger partial charge in [-0.25, -0.2) is 0 Å². The van der Waals surface area contributed by atoms with Crippen molar-refractivity contribution in [3.8, 4) is 0 Å². The van der Waals surface area contributed by atoms with Crippen LogP contribution in [0.15, 0.2) is 12.2 Å². The summed E-state index contributed by atoms with van der Waals surface area (Å²) < 4.78 is 6.10. The van der Waals surface area contributed by atoms with Gasteiger partial charge >= 0.3 is 0 Å². The Morgan fingerprint density at radius 3 is 2.80 bits per heavy atom. The van der Waals surface area contributed by atoms with E-state index in [-0.39, 0.29) is 0 Å². The Balaban J connectivity index is 2.09. The second-order valence-corrected chi connectivity index (χ2v) is 9.57. The van der Waals surface area contributed by atoms with E-state index in [0.717, 1.165) is 12.5 Å². The maximum absolute atomic E-state index is 6.10. The van der Waals surface area contributed by atoms with Gasteiger partial charge in [-0.2, -0.15) is 0 Å². The van der Waals surface area contributed by atoms with Crippen LogP contribution in [0.5, 0.6) is 0 Å². The van der Waals surface area contributed by atoms with E-state index >= 15 is 0 Å². The second-order valence-electron chi connectivity index (χ2n) is 5.27. The Hall–Kier alpha value is -0.0831. The predicted octanol–water partition coefficient (Wildman–Crippen LogP) is 4.36. The van der Waals surface area contributed by atoms with Crippen LogP contribution in [0.3, 0.4) is 0 Å². The van der Waals surface area contributed by atoms with Gasteiger partial charge in [0.25, 0.3) is 0 Å². The van der Waals surface area contributed by atoms with E-state index in [1.165, 1.54) is 38.1 Å². The van der Waals surface area contributed by atoms with Gasteiger partial charge in [0.05, 0.1) is 0 Å². The molecule has 1 rings (SSSR count). The molecule has 0 fully saturated rings. The molecule has 1 aliphatic rings. The normalized spacial score (nSPS) is 21.1. The SMILES string of the molecule is CCCC[Si](C)(C)OCC[C@H]1C=CCC1. The second kappa shape index (κ2) is 6.49. The largest absolute Gasteiger partial charge is 0.417 e. The Morgan fingerprint density at radius 1 is 1.40 bits per heavy atom. The number of rotatable bonds is 7. The molecule has 0 N–H and O–H groups in total. The Bertz CT molecular complexity index is 199. The van der Waals surface area contributed by atoms with Crippen LogP contribution in [0.25, 0.3) is 0 Å². The fourth-order valence-corrected chi connectivity index (χ4v) is 4.12. The minimum atomic E-state index is -1.32. The highest BCUT2D eigenvalue weighted by atomic mass is 28.4. The molecule has 0 radical (unpaired) electrons. The summed E-state index contributed by atoms with van der Waals surface area (Å²) in [6.07, 6.45) is 11.2. The lowest BCUT2D eigenvalue weighted by Gasteiger charge is -2.23. The minimum Gasteiger partial charge on any atom is -0.417 e. The summed E-state index contributed by atoms with van der Waals surface area (Å²) in [6.45, 7) is 7.95. The molecule has 0 unspecified atom stereocenters. The first-order valence-electron chi connectivity index (χ1n) is 6.44. The Kier molecular flexibility index (Phi) is 5.62. The zero-order valence-electron chi connectivity index (χ0n) is 10.6. The maximum Gasteiger partial charge on any atom is 0.186 e. The van der Waals surface area contributed by atoms with Crippen LogP contribution in [0.4, 0.5) is 0 Å². The summed E-state index contributed by atoms with van der Waals surface area (Å²) in [5, 5.41) is 0. The number of unbranched alkanes of at least 4 members (excludes halogenated alkanes) is 1. The summed E-state index contributed by atoms with van der Waals surface area (Å²) >= 11 is 0. The fourth-order valence-electron chi connectivity index (χ4n) is 2.10. The predicted molar refractivity (Wildman–Crippen MR) is 69.6 cm³/mol. The third kappa shape index (κ3) is 5.52. The smallest absolute Gasteiger partial charge is 0.186 e. The maximum atomic E-state index is 6.10. The lowest BCUT2D eigenvalue weighted by atomic mass is 10.1. The van der Waals surface area contributed by atoms with Crippen molar-refractivity contribution >= 4 is 8.32 Å². The first kappa shape index (κ1) is 13.0. The van der Waals surface area contributed by atoms with Crippen LogP contribution in [0.1, 0.15) is 39.0 Å². The van der Waals surface area contributed by atoms with Crippen molar-refractivity contribution in [3.63, 3.8) is 0 Å². The molecular formula is C13H26OSi. The monoisotopic (exact) mass is 226 g/mol. The summed E-state index contributed by atoms with van der Waals surface area (Å²) in [6, 6.07) is 1.32. The molecule has 15 heavy (non-hydrogen) atoms. The van der Waals surface area contributed by atoms with E-state index in [1.54, 1.807) is 0 Å². The van der Waals surface area contributed by atoms with Crippen molar-refractivity contribution in [2.45, 2.75) is 58.2 Å². The summed E-state index contributed by atoms with van der Waals surface area (Å²) in [7, 11) is -1.32. The molecule has 0 aliphatic heterocycles. The highest BCUT2D eigenvalue weighted by Crippen LogP contribution is 2.22. The van der Waals surface area contributed by atoms with Gasteiger partial charge in [-0.15, -0.1) is 0 Å². The molecule has 1 aliphatic carbocycles. The van der Waals surface area contributed by atoms with Gasteiger partial charge in [0, 0.05) is 6.61 Å². The molecule has 0 saturated carbocycles. The fraction of sp³-hybridized carbons (Fsp3) is 0.846. The first-order valence-corrected chi connectivity index (χ1v) is 9.56. The molecule has 0 heterocycles. The molecule has 0 aromatic carbocycles. The number of allylic oxidation sites excluding steroid dienone is 2. The Labute approximate surface area is 96.0 Å².